The van der Waals surface area contributed by atoms with Gasteiger partial charge in [-0.05, 0) is 24.5 Å². The second-order valence-electron chi connectivity index (χ2n) is 6.11. The van der Waals surface area contributed by atoms with Gasteiger partial charge in [-0.15, -0.1) is 0 Å². The van der Waals surface area contributed by atoms with Crippen molar-refractivity contribution in [3.8, 4) is 0 Å². The Morgan fingerprint density at radius 2 is 2.13 bits per heavy atom. The van der Waals surface area contributed by atoms with Crippen molar-refractivity contribution in [1.82, 2.24) is 10.1 Å². The predicted octanol–water partition coefficient (Wildman–Crippen LogP) is 2.78. The van der Waals surface area contributed by atoms with E-state index in [1.807, 2.05) is 30.3 Å². The maximum Gasteiger partial charge on any atom is 0.232 e. The first-order chi connectivity index (χ1) is 11.1. The van der Waals surface area contributed by atoms with E-state index in [-0.39, 0.29) is 24.3 Å². The Morgan fingerprint density at radius 3 is 2.87 bits per heavy atom. The van der Waals surface area contributed by atoms with Gasteiger partial charge in [-0.2, -0.15) is 4.98 Å². The molecule has 2 atom stereocenters. The largest absolute Gasteiger partial charge is 0.377 e. The molecule has 1 aromatic heterocycles. The number of hydrogen-bond acceptors (Lipinski definition) is 5. The lowest BCUT2D eigenvalue weighted by Gasteiger charge is -2.18. The summed E-state index contributed by atoms with van der Waals surface area (Å²) in [5, 5.41) is 6.74. The van der Waals surface area contributed by atoms with Gasteiger partial charge in [-0.1, -0.05) is 37.2 Å². The number of nitrogens with one attached hydrogen (secondary N) is 1. The van der Waals surface area contributed by atoms with Crippen LogP contribution in [0.25, 0.3) is 0 Å². The molecule has 1 aliphatic rings. The van der Waals surface area contributed by atoms with Crippen molar-refractivity contribution in [1.29, 1.82) is 0 Å². The minimum atomic E-state index is -0.161. The van der Waals surface area contributed by atoms with Gasteiger partial charge in [-0.3, -0.25) is 4.79 Å². The van der Waals surface area contributed by atoms with E-state index in [2.05, 4.69) is 29.3 Å². The molecule has 1 saturated heterocycles. The maximum absolute atomic E-state index is 12.0. The summed E-state index contributed by atoms with van der Waals surface area (Å²) in [6, 6.07) is 9.31. The third-order valence-corrected chi connectivity index (χ3v) is 3.97. The summed E-state index contributed by atoms with van der Waals surface area (Å²) in [4.78, 5) is 16.4. The lowest BCUT2D eigenvalue weighted by atomic mass is 9.93. The van der Waals surface area contributed by atoms with E-state index in [9.17, 15) is 4.79 Å². The normalized spacial score (nSPS) is 20.8. The van der Waals surface area contributed by atoms with Gasteiger partial charge >= 0.3 is 0 Å². The van der Waals surface area contributed by atoms with Gasteiger partial charge in [0.2, 0.25) is 11.8 Å². The van der Waals surface area contributed by atoms with Gasteiger partial charge < -0.3 is 14.6 Å². The molecule has 1 N–H and O–H groups in total. The van der Waals surface area contributed by atoms with Crippen LogP contribution in [-0.2, 0) is 16.0 Å². The molecule has 0 saturated carbocycles. The summed E-state index contributed by atoms with van der Waals surface area (Å²) in [6.07, 6.45) is 1.07. The van der Waals surface area contributed by atoms with E-state index in [0.717, 1.165) is 12.1 Å². The highest BCUT2D eigenvalue weighted by Gasteiger charge is 2.35. The molecule has 1 amide bonds. The van der Waals surface area contributed by atoms with Crippen LogP contribution < -0.4 is 5.32 Å². The molecular formula is C17H21N3O3. The van der Waals surface area contributed by atoms with Crippen LogP contribution in [0.3, 0.4) is 0 Å². The molecule has 0 aliphatic carbocycles. The first-order valence-electron chi connectivity index (χ1n) is 7.92. The average molecular weight is 315 g/mol. The topological polar surface area (TPSA) is 77.2 Å². The van der Waals surface area contributed by atoms with Crippen LogP contribution >= 0.6 is 0 Å². The first kappa shape index (κ1) is 15.7. The van der Waals surface area contributed by atoms with E-state index in [1.54, 1.807) is 0 Å². The molecule has 122 valence electrons. The van der Waals surface area contributed by atoms with Gasteiger partial charge in [0.15, 0.2) is 5.82 Å². The number of anilines is 1. The Hall–Kier alpha value is -2.21. The molecule has 1 aliphatic heterocycles. The fourth-order valence-corrected chi connectivity index (χ4v) is 2.89. The van der Waals surface area contributed by atoms with Crippen molar-refractivity contribution in [2.75, 3.05) is 11.9 Å². The molecule has 3 rings (SSSR count). The highest BCUT2D eigenvalue weighted by Crippen LogP contribution is 2.34. The molecule has 23 heavy (non-hydrogen) atoms. The lowest BCUT2D eigenvalue weighted by molar-refractivity contribution is -0.115. The molecular weight excluding hydrogens is 294 g/mol. The summed E-state index contributed by atoms with van der Waals surface area (Å²) in [6.45, 7) is 4.95. The Morgan fingerprint density at radius 1 is 1.35 bits per heavy atom. The molecule has 6 nitrogen and oxygen atoms in total. The number of hydrogen-bond donors (Lipinski definition) is 1. The smallest absolute Gasteiger partial charge is 0.232 e. The van der Waals surface area contributed by atoms with Crippen molar-refractivity contribution in [3.05, 3.63) is 42.0 Å². The van der Waals surface area contributed by atoms with Crippen molar-refractivity contribution in [2.45, 2.75) is 38.7 Å². The standard InChI is InChI=1S/C17H21N3O3/c1-11(2)16-13(8-9-22-16)17-19-14(20-23-17)10-15(21)18-12-6-4-3-5-7-12/h3-7,11,13,16H,8-10H2,1-2H3,(H,18,21)/t13-,16-/m1/s1. The summed E-state index contributed by atoms with van der Waals surface area (Å²) in [7, 11) is 0. The number of aromatic nitrogens is 2. The van der Waals surface area contributed by atoms with Gasteiger partial charge in [0.25, 0.3) is 0 Å². The van der Waals surface area contributed by atoms with Crippen LogP contribution in [0.2, 0.25) is 0 Å². The zero-order valence-electron chi connectivity index (χ0n) is 13.4. The Balaban J connectivity index is 1.62. The van der Waals surface area contributed by atoms with Crippen LogP contribution in [0.5, 0.6) is 0 Å². The zero-order valence-corrected chi connectivity index (χ0v) is 13.4. The Labute approximate surface area is 135 Å². The van der Waals surface area contributed by atoms with Crippen molar-refractivity contribution in [2.24, 2.45) is 5.92 Å². The molecule has 2 aromatic rings. The summed E-state index contributed by atoms with van der Waals surface area (Å²) >= 11 is 0. The van der Waals surface area contributed by atoms with Gasteiger partial charge in [-0.25, -0.2) is 0 Å². The minimum Gasteiger partial charge on any atom is -0.377 e. The number of nitrogens with zero attached hydrogens (tertiary/aromatic N) is 2. The lowest BCUT2D eigenvalue weighted by Crippen LogP contribution is -2.21. The highest BCUT2D eigenvalue weighted by atomic mass is 16.5. The van der Waals surface area contributed by atoms with Crippen LogP contribution in [0.4, 0.5) is 5.69 Å². The molecule has 0 bridgehead atoms. The van der Waals surface area contributed by atoms with E-state index < -0.39 is 0 Å². The fourth-order valence-electron chi connectivity index (χ4n) is 2.89. The number of benzene rings is 1. The third-order valence-electron chi connectivity index (χ3n) is 3.97. The summed E-state index contributed by atoms with van der Waals surface area (Å²) in [5.41, 5.74) is 0.755. The second kappa shape index (κ2) is 6.91. The zero-order chi connectivity index (χ0) is 16.2. The van der Waals surface area contributed by atoms with Crippen LogP contribution in [0, 0.1) is 5.92 Å². The van der Waals surface area contributed by atoms with Crippen LogP contribution in [0.15, 0.2) is 34.9 Å². The summed E-state index contributed by atoms with van der Waals surface area (Å²) < 4.78 is 11.1. The average Bonchev–Trinajstić information content (AvgIpc) is 3.16. The van der Waals surface area contributed by atoms with E-state index in [0.29, 0.717) is 24.2 Å². The van der Waals surface area contributed by atoms with E-state index >= 15 is 0 Å². The molecule has 2 heterocycles. The molecule has 0 radical (unpaired) electrons. The van der Waals surface area contributed by atoms with Gasteiger partial charge in [0, 0.05) is 12.3 Å². The van der Waals surface area contributed by atoms with E-state index in [4.69, 9.17) is 9.26 Å². The third kappa shape index (κ3) is 3.76. The monoisotopic (exact) mass is 315 g/mol. The van der Waals surface area contributed by atoms with Crippen molar-refractivity contribution in [3.63, 3.8) is 0 Å². The Bertz CT molecular complexity index is 654. The van der Waals surface area contributed by atoms with Crippen molar-refractivity contribution < 1.29 is 14.1 Å². The minimum absolute atomic E-state index is 0.0956. The van der Waals surface area contributed by atoms with Crippen LogP contribution in [0.1, 0.15) is 37.9 Å². The number of para-hydroxylation sites is 1. The van der Waals surface area contributed by atoms with Crippen LogP contribution in [-0.4, -0.2) is 28.8 Å². The molecule has 0 spiro atoms. The predicted molar refractivity (Wildman–Crippen MR) is 85.0 cm³/mol. The maximum atomic E-state index is 12.0. The quantitative estimate of drug-likeness (QED) is 0.918. The number of rotatable bonds is 5. The van der Waals surface area contributed by atoms with Crippen molar-refractivity contribution >= 4 is 11.6 Å². The number of ether oxygens (including phenoxy) is 1. The van der Waals surface area contributed by atoms with Gasteiger partial charge in [0.05, 0.1) is 18.4 Å². The molecule has 0 unspecified atom stereocenters. The molecule has 1 aromatic carbocycles. The molecule has 6 heteroatoms. The number of amides is 1. The molecule has 1 fully saturated rings. The Kier molecular flexibility index (Phi) is 4.71. The first-order valence-corrected chi connectivity index (χ1v) is 7.92. The SMILES string of the molecule is CC(C)[C@H]1OCC[C@H]1c1nc(CC(=O)Nc2ccccc2)no1. The summed E-state index contributed by atoms with van der Waals surface area (Å²) in [5.74, 6) is 1.32. The number of carbonyl (C=O) groups is 1. The van der Waals surface area contributed by atoms with Gasteiger partial charge in [0.1, 0.15) is 0 Å². The fraction of sp³-hybridized carbons (Fsp3) is 0.471. The highest BCUT2D eigenvalue weighted by molar-refractivity contribution is 5.91. The van der Waals surface area contributed by atoms with E-state index in [1.165, 1.54) is 0 Å². The second-order valence-corrected chi connectivity index (χ2v) is 6.11. The number of carbonyl (C=O) groups excluding carboxylic acids is 1.